The molecule has 1 aromatic rings. The summed E-state index contributed by atoms with van der Waals surface area (Å²) in [7, 11) is 0. The predicted octanol–water partition coefficient (Wildman–Crippen LogP) is 3.27. The Morgan fingerprint density at radius 3 is 2.72 bits per heavy atom. The van der Waals surface area contributed by atoms with Crippen LogP contribution < -0.4 is 10.1 Å². The molecule has 1 aliphatic heterocycles. The van der Waals surface area contributed by atoms with E-state index < -0.39 is 0 Å². The quantitative estimate of drug-likeness (QED) is 0.847. The molecule has 2 rings (SSSR count). The van der Waals surface area contributed by atoms with E-state index in [1.54, 1.807) is 0 Å². The number of benzene rings is 1. The van der Waals surface area contributed by atoms with Gasteiger partial charge in [0, 0.05) is 13.1 Å². The summed E-state index contributed by atoms with van der Waals surface area (Å²) in [6.45, 7) is 4.76. The van der Waals surface area contributed by atoms with E-state index in [4.69, 9.17) is 17.0 Å². The fourth-order valence-corrected chi connectivity index (χ4v) is 2.44. The molecule has 4 heteroatoms. The van der Waals surface area contributed by atoms with Crippen molar-refractivity contribution < 1.29 is 4.74 Å². The molecule has 1 aliphatic rings. The lowest BCUT2D eigenvalue weighted by Gasteiger charge is -2.29. The van der Waals surface area contributed by atoms with Gasteiger partial charge in [0.2, 0.25) is 0 Å². The van der Waals surface area contributed by atoms with Crippen LogP contribution in [0.5, 0.6) is 5.75 Å². The fraction of sp³-hybridized carbons (Fsp3) is 0.500. The number of nitrogens with zero attached hydrogens (tertiary/aromatic N) is 1. The monoisotopic (exact) mass is 264 g/mol. The van der Waals surface area contributed by atoms with E-state index in [2.05, 4.69) is 10.2 Å². The Balaban J connectivity index is 2.01. The van der Waals surface area contributed by atoms with Crippen molar-refractivity contribution in [2.45, 2.75) is 26.2 Å². The second-order valence-electron chi connectivity index (χ2n) is 4.41. The number of likely N-dealkylation sites (tertiary alicyclic amines) is 1. The van der Waals surface area contributed by atoms with Gasteiger partial charge in [-0.15, -0.1) is 0 Å². The molecule has 1 heterocycles. The number of para-hydroxylation sites is 2. The lowest BCUT2D eigenvalue weighted by Crippen LogP contribution is -2.38. The van der Waals surface area contributed by atoms with Crippen molar-refractivity contribution in [3.63, 3.8) is 0 Å². The Bertz CT molecular complexity index is 403. The maximum absolute atomic E-state index is 5.58. The van der Waals surface area contributed by atoms with Crippen molar-refractivity contribution in [2.24, 2.45) is 0 Å². The third-order valence-corrected chi connectivity index (χ3v) is 3.43. The van der Waals surface area contributed by atoms with Gasteiger partial charge in [-0.2, -0.15) is 0 Å². The topological polar surface area (TPSA) is 24.5 Å². The van der Waals surface area contributed by atoms with E-state index in [-0.39, 0.29) is 0 Å². The Morgan fingerprint density at radius 2 is 2.00 bits per heavy atom. The molecule has 0 atom stereocenters. The highest BCUT2D eigenvalue weighted by molar-refractivity contribution is 7.80. The highest BCUT2D eigenvalue weighted by atomic mass is 32.1. The maximum Gasteiger partial charge on any atom is 0.173 e. The van der Waals surface area contributed by atoms with Crippen LogP contribution in [0.4, 0.5) is 5.69 Å². The van der Waals surface area contributed by atoms with Crippen molar-refractivity contribution in [3.8, 4) is 5.75 Å². The fourth-order valence-electron chi connectivity index (χ4n) is 2.14. The summed E-state index contributed by atoms with van der Waals surface area (Å²) in [5.41, 5.74) is 0.954. The standard InChI is InChI=1S/C14H20N2OS/c1-2-17-13-9-5-4-8-12(13)15-14(18)16-10-6-3-7-11-16/h4-5,8-9H,2-3,6-7,10-11H2,1H3,(H,15,18). The predicted molar refractivity (Wildman–Crippen MR) is 79.3 cm³/mol. The molecular formula is C14H20N2OS. The van der Waals surface area contributed by atoms with Crippen LogP contribution >= 0.6 is 12.2 Å². The molecule has 0 radical (unpaired) electrons. The number of thiocarbonyl (C=S) groups is 1. The van der Waals surface area contributed by atoms with E-state index in [0.717, 1.165) is 29.6 Å². The molecule has 1 saturated heterocycles. The van der Waals surface area contributed by atoms with E-state index >= 15 is 0 Å². The lowest BCUT2D eigenvalue weighted by atomic mass is 10.1. The van der Waals surface area contributed by atoms with Crippen LogP contribution in [-0.2, 0) is 0 Å². The second-order valence-corrected chi connectivity index (χ2v) is 4.79. The van der Waals surface area contributed by atoms with Gasteiger partial charge in [0.05, 0.1) is 12.3 Å². The second kappa shape index (κ2) is 6.59. The van der Waals surface area contributed by atoms with Crippen molar-refractivity contribution in [1.82, 2.24) is 4.90 Å². The number of nitrogens with one attached hydrogen (secondary N) is 1. The molecule has 0 spiro atoms. The molecule has 18 heavy (non-hydrogen) atoms. The Labute approximate surface area is 114 Å². The van der Waals surface area contributed by atoms with Crippen molar-refractivity contribution in [3.05, 3.63) is 24.3 Å². The molecule has 0 aliphatic carbocycles. The zero-order valence-electron chi connectivity index (χ0n) is 10.8. The minimum atomic E-state index is 0.662. The number of piperidine rings is 1. The van der Waals surface area contributed by atoms with Gasteiger partial charge in [0.1, 0.15) is 5.75 Å². The first-order chi connectivity index (χ1) is 8.81. The van der Waals surface area contributed by atoms with Crippen LogP contribution in [0.15, 0.2) is 24.3 Å². The van der Waals surface area contributed by atoms with Gasteiger partial charge in [-0.3, -0.25) is 0 Å². The minimum Gasteiger partial charge on any atom is -0.492 e. The van der Waals surface area contributed by atoms with Gasteiger partial charge in [0.25, 0.3) is 0 Å². The van der Waals surface area contributed by atoms with Crippen LogP contribution in [0.1, 0.15) is 26.2 Å². The van der Waals surface area contributed by atoms with Gasteiger partial charge in [-0.1, -0.05) is 12.1 Å². The molecule has 1 aromatic carbocycles. The summed E-state index contributed by atoms with van der Waals surface area (Å²) >= 11 is 5.46. The van der Waals surface area contributed by atoms with Crippen LogP contribution in [0.25, 0.3) is 0 Å². The number of ether oxygens (including phenoxy) is 1. The summed E-state index contributed by atoms with van der Waals surface area (Å²) in [5, 5.41) is 4.10. The van der Waals surface area contributed by atoms with Gasteiger partial charge in [0.15, 0.2) is 5.11 Å². The Kier molecular flexibility index (Phi) is 4.81. The van der Waals surface area contributed by atoms with E-state index in [0.29, 0.717) is 6.61 Å². The molecule has 3 nitrogen and oxygen atoms in total. The van der Waals surface area contributed by atoms with Gasteiger partial charge in [-0.05, 0) is 50.5 Å². The molecule has 0 aromatic heterocycles. The van der Waals surface area contributed by atoms with E-state index in [1.165, 1.54) is 19.3 Å². The summed E-state index contributed by atoms with van der Waals surface area (Å²) in [5.74, 6) is 0.861. The zero-order valence-corrected chi connectivity index (χ0v) is 11.6. The summed E-state index contributed by atoms with van der Waals surface area (Å²) in [6.07, 6.45) is 3.78. The average Bonchev–Trinajstić information content (AvgIpc) is 2.42. The van der Waals surface area contributed by atoms with Gasteiger partial charge < -0.3 is 15.0 Å². The highest BCUT2D eigenvalue weighted by Gasteiger charge is 2.14. The van der Waals surface area contributed by atoms with Crippen molar-refractivity contribution >= 4 is 23.0 Å². The number of anilines is 1. The van der Waals surface area contributed by atoms with Crippen LogP contribution in [-0.4, -0.2) is 29.7 Å². The van der Waals surface area contributed by atoms with Crippen LogP contribution in [0.3, 0.4) is 0 Å². The third kappa shape index (κ3) is 3.35. The molecule has 1 N–H and O–H groups in total. The third-order valence-electron chi connectivity index (χ3n) is 3.07. The zero-order chi connectivity index (χ0) is 12.8. The minimum absolute atomic E-state index is 0.662. The highest BCUT2D eigenvalue weighted by Crippen LogP contribution is 2.24. The first-order valence-corrected chi connectivity index (χ1v) is 7.00. The van der Waals surface area contributed by atoms with E-state index in [9.17, 15) is 0 Å². The molecule has 0 amide bonds. The first kappa shape index (κ1) is 13.1. The molecule has 1 fully saturated rings. The largest absolute Gasteiger partial charge is 0.492 e. The Morgan fingerprint density at radius 1 is 1.28 bits per heavy atom. The van der Waals surface area contributed by atoms with Crippen LogP contribution in [0.2, 0.25) is 0 Å². The first-order valence-electron chi connectivity index (χ1n) is 6.59. The van der Waals surface area contributed by atoms with Gasteiger partial charge in [-0.25, -0.2) is 0 Å². The number of hydrogen-bond donors (Lipinski definition) is 1. The van der Waals surface area contributed by atoms with Crippen LogP contribution in [0, 0.1) is 0 Å². The smallest absolute Gasteiger partial charge is 0.173 e. The summed E-state index contributed by atoms with van der Waals surface area (Å²) in [4.78, 5) is 2.24. The van der Waals surface area contributed by atoms with Crippen molar-refractivity contribution in [2.75, 3.05) is 25.0 Å². The number of hydrogen-bond acceptors (Lipinski definition) is 2. The van der Waals surface area contributed by atoms with Crippen molar-refractivity contribution in [1.29, 1.82) is 0 Å². The lowest BCUT2D eigenvalue weighted by molar-refractivity contribution is 0.339. The molecule has 0 unspecified atom stereocenters. The van der Waals surface area contributed by atoms with E-state index in [1.807, 2.05) is 31.2 Å². The molecular weight excluding hydrogens is 244 g/mol. The summed E-state index contributed by atoms with van der Waals surface area (Å²) in [6, 6.07) is 7.93. The number of rotatable bonds is 3. The van der Waals surface area contributed by atoms with Gasteiger partial charge >= 0.3 is 0 Å². The average molecular weight is 264 g/mol. The Hall–Kier alpha value is -1.29. The molecule has 98 valence electrons. The SMILES string of the molecule is CCOc1ccccc1NC(=S)N1CCCCC1. The molecule has 0 saturated carbocycles. The maximum atomic E-state index is 5.58. The normalized spacial score (nSPS) is 15.3. The summed E-state index contributed by atoms with van der Waals surface area (Å²) < 4.78 is 5.58. The molecule has 0 bridgehead atoms.